The summed E-state index contributed by atoms with van der Waals surface area (Å²) in [6, 6.07) is 13.4. The topological polar surface area (TPSA) is 61.9 Å². The van der Waals surface area contributed by atoms with Crippen LogP contribution in [-0.4, -0.2) is 47.4 Å². The summed E-state index contributed by atoms with van der Waals surface area (Å²) in [6.07, 6.45) is 0. The lowest BCUT2D eigenvalue weighted by molar-refractivity contribution is -0.122. The first-order chi connectivity index (χ1) is 13.1. The molecular formula is C20H20FN3O3. The molecule has 0 aromatic heterocycles. The number of hydrogen-bond acceptors (Lipinski definition) is 4. The van der Waals surface area contributed by atoms with Crippen LogP contribution in [0.1, 0.15) is 11.1 Å². The molecule has 1 N–H and O–H groups in total. The van der Waals surface area contributed by atoms with Crippen LogP contribution in [-0.2, 0) is 17.9 Å². The molecule has 1 atom stereocenters. The molecule has 27 heavy (non-hydrogen) atoms. The Morgan fingerprint density at radius 1 is 1.00 bits per heavy atom. The zero-order chi connectivity index (χ0) is 18.8. The van der Waals surface area contributed by atoms with Gasteiger partial charge in [0.15, 0.2) is 0 Å². The van der Waals surface area contributed by atoms with Gasteiger partial charge in [-0.3, -0.25) is 15.0 Å². The number of halogens is 1. The summed E-state index contributed by atoms with van der Waals surface area (Å²) in [5, 5.41) is 2.37. The molecule has 2 aromatic rings. The fraction of sp³-hybridized carbons (Fsp3) is 0.300. The van der Waals surface area contributed by atoms with Gasteiger partial charge in [-0.2, -0.15) is 0 Å². The van der Waals surface area contributed by atoms with Crippen molar-refractivity contribution in [1.82, 2.24) is 15.1 Å². The third-order valence-corrected chi connectivity index (χ3v) is 4.91. The van der Waals surface area contributed by atoms with Gasteiger partial charge < -0.3 is 9.64 Å². The summed E-state index contributed by atoms with van der Waals surface area (Å²) < 4.78 is 18.6. The van der Waals surface area contributed by atoms with Gasteiger partial charge in [0.25, 0.3) is 5.91 Å². The lowest BCUT2D eigenvalue weighted by Crippen LogP contribution is -2.52. The molecule has 0 saturated carbocycles. The van der Waals surface area contributed by atoms with Crippen LogP contribution in [0, 0.1) is 5.82 Å². The highest BCUT2D eigenvalue weighted by molar-refractivity contribution is 6.04. The van der Waals surface area contributed by atoms with E-state index in [1.165, 1.54) is 12.1 Å². The van der Waals surface area contributed by atoms with Crippen molar-refractivity contribution in [3.63, 3.8) is 0 Å². The van der Waals surface area contributed by atoms with Gasteiger partial charge in [0.2, 0.25) is 0 Å². The Kier molecular flexibility index (Phi) is 4.77. The van der Waals surface area contributed by atoms with Crippen molar-refractivity contribution >= 4 is 11.9 Å². The standard InChI is InChI=1S/C20H20FN3O3/c21-16-5-1-15(2-6-16)13-27-17-7-3-14(4-8-17)11-23-9-10-24-18(12-23)19(25)22-20(24)26/h1-8,18H,9-13H2,(H,22,25,26)/t18-/m0/s1. The van der Waals surface area contributed by atoms with E-state index in [2.05, 4.69) is 10.2 Å². The minimum absolute atomic E-state index is 0.214. The van der Waals surface area contributed by atoms with E-state index < -0.39 is 0 Å². The maximum Gasteiger partial charge on any atom is 0.324 e. The van der Waals surface area contributed by atoms with Crippen LogP contribution in [0.3, 0.4) is 0 Å². The molecule has 0 bridgehead atoms. The van der Waals surface area contributed by atoms with Crippen LogP contribution in [0.25, 0.3) is 0 Å². The lowest BCUT2D eigenvalue weighted by Gasteiger charge is -2.35. The third kappa shape index (κ3) is 3.93. The first kappa shape index (κ1) is 17.5. The maximum absolute atomic E-state index is 12.9. The van der Waals surface area contributed by atoms with Gasteiger partial charge in [0, 0.05) is 26.2 Å². The van der Waals surface area contributed by atoms with E-state index in [1.807, 2.05) is 24.3 Å². The Morgan fingerprint density at radius 2 is 1.70 bits per heavy atom. The number of fused-ring (bicyclic) bond motifs is 1. The van der Waals surface area contributed by atoms with E-state index >= 15 is 0 Å². The molecule has 140 valence electrons. The van der Waals surface area contributed by atoms with Gasteiger partial charge in [-0.25, -0.2) is 9.18 Å². The average Bonchev–Trinajstić information content (AvgIpc) is 2.96. The zero-order valence-electron chi connectivity index (χ0n) is 14.7. The van der Waals surface area contributed by atoms with Crippen molar-refractivity contribution in [2.45, 2.75) is 19.2 Å². The maximum atomic E-state index is 12.9. The highest BCUT2D eigenvalue weighted by atomic mass is 19.1. The Morgan fingerprint density at radius 3 is 2.44 bits per heavy atom. The number of hydrogen-bond donors (Lipinski definition) is 1. The fourth-order valence-corrected chi connectivity index (χ4v) is 3.41. The lowest BCUT2D eigenvalue weighted by atomic mass is 10.1. The number of amides is 3. The van der Waals surface area contributed by atoms with E-state index in [4.69, 9.17) is 4.74 Å². The van der Waals surface area contributed by atoms with E-state index in [-0.39, 0.29) is 23.8 Å². The Labute approximate surface area is 156 Å². The van der Waals surface area contributed by atoms with E-state index in [1.54, 1.807) is 17.0 Å². The number of ether oxygens (including phenoxy) is 1. The molecule has 7 heteroatoms. The van der Waals surface area contributed by atoms with E-state index in [0.717, 1.165) is 23.4 Å². The molecule has 2 heterocycles. The number of nitrogens with one attached hydrogen (secondary N) is 1. The number of rotatable bonds is 5. The molecule has 0 unspecified atom stereocenters. The van der Waals surface area contributed by atoms with Crippen molar-refractivity contribution < 1.29 is 18.7 Å². The molecule has 2 aliphatic rings. The van der Waals surface area contributed by atoms with Crippen molar-refractivity contribution in [2.24, 2.45) is 0 Å². The number of nitrogens with zero attached hydrogens (tertiary/aromatic N) is 2. The second-order valence-electron chi connectivity index (χ2n) is 6.80. The zero-order valence-corrected chi connectivity index (χ0v) is 14.7. The van der Waals surface area contributed by atoms with Gasteiger partial charge in [-0.15, -0.1) is 0 Å². The van der Waals surface area contributed by atoms with Crippen LogP contribution >= 0.6 is 0 Å². The summed E-state index contributed by atoms with van der Waals surface area (Å²) in [5.41, 5.74) is 2.02. The first-order valence-electron chi connectivity index (χ1n) is 8.88. The SMILES string of the molecule is O=C1NC(=O)N2CCN(Cc3ccc(OCc4ccc(F)cc4)cc3)C[C@@H]12. The number of benzene rings is 2. The molecular weight excluding hydrogens is 349 g/mol. The van der Waals surface area contributed by atoms with Crippen molar-refractivity contribution in [1.29, 1.82) is 0 Å². The number of piperazine rings is 1. The molecule has 0 radical (unpaired) electrons. The van der Waals surface area contributed by atoms with Crippen molar-refractivity contribution in [3.05, 3.63) is 65.5 Å². The largest absolute Gasteiger partial charge is 0.489 e. The molecule has 0 spiro atoms. The quantitative estimate of drug-likeness (QED) is 0.821. The third-order valence-electron chi connectivity index (χ3n) is 4.91. The summed E-state index contributed by atoms with van der Waals surface area (Å²) in [5.74, 6) is 0.270. The number of urea groups is 1. The van der Waals surface area contributed by atoms with Crippen LogP contribution in [0.15, 0.2) is 48.5 Å². The molecule has 3 amide bonds. The second kappa shape index (κ2) is 7.36. The molecule has 2 aromatic carbocycles. The number of imide groups is 1. The molecule has 2 aliphatic heterocycles. The Balaban J connectivity index is 1.31. The van der Waals surface area contributed by atoms with Gasteiger partial charge in [0.1, 0.15) is 24.2 Å². The van der Waals surface area contributed by atoms with Crippen molar-refractivity contribution in [3.8, 4) is 5.75 Å². The summed E-state index contributed by atoms with van der Waals surface area (Å²) >= 11 is 0. The predicted octanol–water partition coefficient (Wildman–Crippen LogP) is 2.14. The molecule has 2 saturated heterocycles. The van der Waals surface area contributed by atoms with Crippen LogP contribution in [0.2, 0.25) is 0 Å². The predicted molar refractivity (Wildman–Crippen MR) is 96.5 cm³/mol. The van der Waals surface area contributed by atoms with Crippen molar-refractivity contribution in [2.75, 3.05) is 19.6 Å². The Hall–Kier alpha value is -2.93. The van der Waals surface area contributed by atoms with Crippen LogP contribution < -0.4 is 10.1 Å². The molecule has 6 nitrogen and oxygen atoms in total. The summed E-state index contributed by atoms with van der Waals surface area (Å²) in [4.78, 5) is 27.3. The fourth-order valence-electron chi connectivity index (χ4n) is 3.41. The average molecular weight is 369 g/mol. The van der Waals surface area contributed by atoms with Gasteiger partial charge >= 0.3 is 6.03 Å². The number of carbonyl (C=O) groups is 2. The summed E-state index contributed by atoms with van der Waals surface area (Å²) in [7, 11) is 0. The monoisotopic (exact) mass is 369 g/mol. The number of carbonyl (C=O) groups excluding carboxylic acids is 2. The molecule has 2 fully saturated rings. The Bertz CT molecular complexity index is 839. The highest BCUT2D eigenvalue weighted by Crippen LogP contribution is 2.19. The highest BCUT2D eigenvalue weighted by Gasteiger charge is 2.41. The molecule has 4 rings (SSSR count). The smallest absolute Gasteiger partial charge is 0.324 e. The van der Waals surface area contributed by atoms with Crippen LogP contribution in [0.4, 0.5) is 9.18 Å². The first-order valence-corrected chi connectivity index (χ1v) is 8.88. The minimum Gasteiger partial charge on any atom is -0.489 e. The van der Waals surface area contributed by atoms with Gasteiger partial charge in [0.05, 0.1) is 0 Å². The molecule has 0 aliphatic carbocycles. The van der Waals surface area contributed by atoms with E-state index in [9.17, 15) is 14.0 Å². The van der Waals surface area contributed by atoms with E-state index in [0.29, 0.717) is 26.2 Å². The van der Waals surface area contributed by atoms with Gasteiger partial charge in [-0.05, 0) is 35.4 Å². The van der Waals surface area contributed by atoms with Gasteiger partial charge in [-0.1, -0.05) is 24.3 Å². The minimum atomic E-state index is -0.385. The second-order valence-corrected chi connectivity index (χ2v) is 6.80. The normalized spacial score (nSPS) is 19.7. The van der Waals surface area contributed by atoms with Crippen LogP contribution in [0.5, 0.6) is 5.75 Å². The summed E-state index contributed by atoms with van der Waals surface area (Å²) in [6.45, 7) is 2.93.